The first kappa shape index (κ1) is 8.78. The Hall–Kier alpha value is -1.22. The highest BCUT2D eigenvalue weighted by Crippen LogP contribution is 1.98. The molecule has 0 nitrogen and oxygen atoms in total. The summed E-state index contributed by atoms with van der Waals surface area (Å²) in [4.78, 5) is 0. The molecule has 0 spiro atoms. The van der Waals surface area contributed by atoms with Crippen molar-refractivity contribution in [1.29, 1.82) is 0 Å². The maximum Gasteiger partial charge on any atom is 0.0275 e. The van der Waals surface area contributed by atoms with E-state index in [1.807, 2.05) is 25.2 Å². The molecule has 0 aliphatic heterocycles. The molecule has 0 heteroatoms. The molecule has 0 radical (unpaired) electrons. The van der Waals surface area contributed by atoms with Crippen LogP contribution in [0.5, 0.6) is 0 Å². The fraction of sp³-hybridized carbons (Fsp3) is 0.200. The van der Waals surface area contributed by atoms with Crippen LogP contribution in [0, 0.1) is 12.3 Å². The molecule has 0 bridgehead atoms. The van der Waals surface area contributed by atoms with Crippen LogP contribution in [-0.4, -0.2) is 0 Å². The molecule has 0 aromatic carbocycles. The van der Waals surface area contributed by atoms with Gasteiger partial charge in [-0.05, 0) is 12.5 Å². The van der Waals surface area contributed by atoms with Crippen LogP contribution in [0.25, 0.3) is 0 Å². The molecule has 0 saturated heterocycles. The summed E-state index contributed by atoms with van der Waals surface area (Å²) in [6.07, 6.45) is 13.4. The van der Waals surface area contributed by atoms with Gasteiger partial charge in [0.25, 0.3) is 0 Å². The highest BCUT2D eigenvalue weighted by atomic mass is 13.8. The molecular weight excluding hydrogens is 120 g/mol. The second-order valence-corrected chi connectivity index (χ2v) is 1.82. The lowest BCUT2D eigenvalue weighted by molar-refractivity contribution is 1.43. The van der Waals surface area contributed by atoms with Gasteiger partial charge in [0.1, 0.15) is 0 Å². The lowest BCUT2D eigenvalue weighted by atomic mass is 10.2. The van der Waals surface area contributed by atoms with E-state index in [1.165, 1.54) is 0 Å². The van der Waals surface area contributed by atoms with Gasteiger partial charge in [0, 0.05) is 6.42 Å². The Morgan fingerprint density at radius 2 is 2.40 bits per heavy atom. The third-order valence-corrected chi connectivity index (χ3v) is 1.05. The van der Waals surface area contributed by atoms with Crippen molar-refractivity contribution < 1.29 is 0 Å². The van der Waals surface area contributed by atoms with Gasteiger partial charge in [-0.2, -0.15) is 0 Å². The molecule has 0 aliphatic carbocycles. The maximum absolute atomic E-state index is 5.07. The van der Waals surface area contributed by atoms with E-state index in [1.54, 1.807) is 6.08 Å². The van der Waals surface area contributed by atoms with E-state index in [0.29, 0.717) is 6.42 Å². The topological polar surface area (TPSA) is 0 Å². The molecule has 0 amide bonds. The Morgan fingerprint density at radius 3 is 2.80 bits per heavy atom. The maximum atomic E-state index is 5.07. The predicted octanol–water partition coefficient (Wildman–Crippen LogP) is 2.70. The Kier molecular flexibility index (Phi) is 5.19. The average molecular weight is 132 g/mol. The zero-order valence-electron chi connectivity index (χ0n) is 6.30. The first-order chi connectivity index (χ1) is 4.85. The van der Waals surface area contributed by atoms with Gasteiger partial charge in [-0.1, -0.05) is 30.9 Å². The Morgan fingerprint density at radius 1 is 1.70 bits per heavy atom. The van der Waals surface area contributed by atoms with Crippen molar-refractivity contribution in [2.45, 2.75) is 13.3 Å². The van der Waals surface area contributed by atoms with Gasteiger partial charge in [-0.3, -0.25) is 0 Å². The molecule has 0 fully saturated rings. The van der Waals surface area contributed by atoms with Gasteiger partial charge in [0.2, 0.25) is 0 Å². The number of terminal acetylenes is 1. The van der Waals surface area contributed by atoms with E-state index >= 15 is 0 Å². The Balaban J connectivity index is 4.07. The van der Waals surface area contributed by atoms with Crippen molar-refractivity contribution in [3.8, 4) is 12.3 Å². The summed E-state index contributed by atoms with van der Waals surface area (Å²) in [5, 5.41) is 0. The van der Waals surface area contributed by atoms with Gasteiger partial charge in [0.05, 0.1) is 0 Å². The predicted molar refractivity (Wildman–Crippen MR) is 46.5 cm³/mol. The molecule has 0 aliphatic rings. The van der Waals surface area contributed by atoms with E-state index in [4.69, 9.17) is 6.42 Å². The fourth-order valence-electron chi connectivity index (χ4n) is 0.589. The average Bonchev–Trinajstić information content (AvgIpc) is 1.98. The first-order valence-electron chi connectivity index (χ1n) is 3.24. The molecule has 0 heterocycles. The van der Waals surface area contributed by atoms with Crippen LogP contribution in [0.2, 0.25) is 0 Å². The highest BCUT2D eigenvalue weighted by molar-refractivity contribution is 5.29. The summed E-state index contributed by atoms with van der Waals surface area (Å²) in [6, 6.07) is 0. The minimum atomic E-state index is 0.672. The van der Waals surface area contributed by atoms with Crippen LogP contribution in [0.3, 0.4) is 0 Å². The zero-order valence-corrected chi connectivity index (χ0v) is 6.30. The van der Waals surface area contributed by atoms with Crippen molar-refractivity contribution in [3.63, 3.8) is 0 Å². The van der Waals surface area contributed by atoms with Crippen molar-refractivity contribution >= 4 is 0 Å². The van der Waals surface area contributed by atoms with Crippen LogP contribution < -0.4 is 0 Å². The molecule has 0 aromatic heterocycles. The second-order valence-electron chi connectivity index (χ2n) is 1.82. The number of rotatable bonds is 3. The van der Waals surface area contributed by atoms with E-state index in [2.05, 4.69) is 12.5 Å². The van der Waals surface area contributed by atoms with Crippen LogP contribution in [0.15, 0.2) is 36.5 Å². The van der Waals surface area contributed by atoms with E-state index in [0.717, 1.165) is 5.57 Å². The Labute approximate surface area is 63.0 Å². The van der Waals surface area contributed by atoms with Gasteiger partial charge >= 0.3 is 0 Å². The number of allylic oxidation sites excluding steroid dienone is 5. The van der Waals surface area contributed by atoms with Crippen LogP contribution >= 0.6 is 0 Å². The zero-order chi connectivity index (χ0) is 7.82. The van der Waals surface area contributed by atoms with Crippen LogP contribution in [0.1, 0.15) is 13.3 Å². The lowest BCUT2D eigenvalue weighted by Crippen LogP contribution is -1.68. The number of hydrogen-bond acceptors (Lipinski definition) is 0. The summed E-state index contributed by atoms with van der Waals surface area (Å²) in [5.41, 5.74) is 1.08. The summed E-state index contributed by atoms with van der Waals surface area (Å²) in [6.45, 7) is 5.61. The summed E-state index contributed by atoms with van der Waals surface area (Å²) < 4.78 is 0. The van der Waals surface area contributed by atoms with Gasteiger partial charge in [0.15, 0.2) is 0 Å². The van der Waals surface area contributed by atoms with E-state index < -0.39 is 0 Å². The SMILES string of the molecule is C#CC/C=C(C=C)\C=C/C. The van der Waals surface area contributed by atoms with E-state index in [-0.39, 0.29) is 0 Å². The second kappa shape index (κ2) is 5.91. The molecular formula is C10H12. The fourth-order valence-corrected chi connectivity index (χ4v) is 0.589. The van der Waals surface area contributed by atoms with Crippen molar-refractivity contribution in [2.75, 3.05) is 0 Å². The van der Waals surface area contributed by atoms with Crippen LogP contribution in [0.4, 0.5) is 0 Å². The minimum Gasteiger partial charge on any atom is -0.120 e. The smallest absolute Gasteiger partial charge is 0.0275 e. The Bertz CT molecular complexity index is 187. The minimum absolute atomic E-state index is 0.672. The van der Waals surface area contributed by atoms with Crippen molar-refractivity contribution in [1.82, 2.24) is 0 Å². The summed E-state index contributed by atoms with van der Waals surface area (Å²) in [7, 11) is 0. The van der Waals surface area contributed by atoms with Gasteiger partial charge in [-0.25, -0.2) is 0 Å². The number of hydrogen-bond donors (Lipinski definition) is 0. The molecule has 0 unspecified atom stereocenters. The lowest BCUT2D eigenvalue weighted by Gasteiger charge is -1.88. The quantitative estimate of drug-likeness (QED) is 0.409. The molecule has 0 aromatic rings. The van der Waals surface area contributed by atoms with E-state index in [9.17, 15) is 0 Å². The normalized spacial score (nSPS) is 11.4. The van der Waals surface area contributed by atoms with Crippen molar-refractivity contribution in [3.05, 3.63) is 36.5 Å². The molecule has 0 rings (SSSR count). The third-order valence-electron chi connectivity index (χ3n) is 1.05. The monoisotopic (exact) mass is 132 g/mol. The third kappa shape index (κ3) is 3.74. The standard InChI is InChI=1S/C10H12/c1-4-7-9-10(6-3)8-5-2/h1,5-6,8-9H,3,7H2,2H3/b8-5-,10-9-. The molecule has 52 valence electrons. The molecule has 10 heavy (non-hydrogen) atoms. The summed E-state index contributed by atoms with van der Waals surface area (Å²) in [5.74, 6) is 2.53. The van der Waals surface area contributed by atoms with Crippen molar-refractivity contribution in [2.24, 2.45) is 0 Å². The molecule has 0 saturated carbocycles. The largest absolute Gasteiger partial charge is 0.120 e. The van der Waals surface area contributed by atoms with Gasteiger partial charge in [-0.15, -0.1) is 12.3 Å². The van der Waals surface area contributed by atoms with Crippen LogP contribution in [-0.2, 0) is 0 Å². The summed E-state index contributed by atoms with van der Waals surface area (Å²) >= 11 is 0. The van der Waals surface area contributed by atoms with Gasteiger partial charge < -0.3 is 0 Å². The molecule has 0 atom stereocenters. The highest BCUT2D eigenvalue weighted by Gasteiger charge is 1.79. The first-order valence-corrected chi connectivity index (χ1v) is 3.24. The molecule has 0 N–H and O–H groups in total.